The van der Waals surface area contributed by atoms with E-state index in [4.69, 9.17) is 13.7 Å². The quantitative estimate of drug-likeness (QED) is 0.655. The summed E-state index contributed by atoms with van der Waals surface area (Å²) in [7, 11) is 0. The summed E-state index contributed by atoms with van der Waals surface area (Å²) < 4.78 is 16.6. The number of morpholine rings is 1. The molecule has 1 aliphatic heterocycles. The number of furan rings is 1. The number of amides is 1. The Hall–Kier alpha value is -2.90. The fourth-order valence-electron chi connectivity index (χ4n) is 4.46. The van der Waals surface area contributed by atoms with Crippen LogP contribution in [0.3, 0.4) is 0 Å². The Bertz CT molecular complexity index is 1020. The lowest BCUT2D eigenvalue weighted by Gasteiger charge is -2.33. The number of carbonyl (C=O) groups excluding carboxylic acids is 1. The van der Waals surface area contributed by atoms with E-state index in [1.54, 1.807) is 12.3 Å². The van der Waals surface area contributed by atoms with Gasteiger partial charge in [-0.2, -0.15) is 0 Å². The van der Waals surface area contributed by atoms with Crippen LogP contribution in [0.25, 0.3) is 11.3 Å². The van der Waals surface area contributed by atoms with Gasteiger partial charge in [-0.1, -0.05) is 17.3 Å². The van der Waals surface area contributed by atoms with E-state index in [0.29, 0.717) is 25.5 Å². The maximum Gasteiger partial charge on any atom is 0.273 e. The topological polar surface area (TPSA) is 80.7 Å². The van der Waals surface area contributed by atoms with Crippen LogP contribution >= 0.6 is 0 Å². The number of aromatic nitrogens is 1. The molecule has 1 fully saturated rings. The minimum atomic E-state index is -0.252. The standard InChI is InChI=1S/C24H27N3O4/c28-24(25-16-21(22-6-3-11-30-22)27-9-12-29-13-10-27)20-15-23(31-26-20)19-8-7-17-4-1-2-5-18(17)14-19/h3,6-8,11,14-15,21H,1-2,4-5,9-10,12-13,16H2,(H,25,28)/t21-/m0/s1. The van der Waals surface area contributed by atoms with Crippen molar-refractivity contribution in [1.29, 1.82) is 0 Å². The van der Waals surface area contributed by atoms with Gasteiger partial charge in [-0.15, -0.1) is 0 Å². The van der Waals surface area contributed by atoms with E-state index in [2.05, 4.69) is 33.6 Å². The van der Waals surface area contributed by atoms with Gasteiger partial charge in [0.2, 0.25) is 0 Å². The van der Waals surface area contributed by atoms with Gasteiger partial charge in [0.15, 0.2) is 11.5 Å². The first-order chi connectivity index (χ1) is 15.3. The molecule has 162 valence electrons. The Morgan fingerprint density at radius 2 is 1.94 bits per heavy atom. The lowest BCUT2D eigenvalue weighted by molar-refractivity contribution is 0.0118. The molecule has 1 atom stereocenters. The number of aryl methyl sites for hydroxylation is 2. The zero-order chi connectivity index (χ0) is 21.0. The van der Waals surface area contributed by atoms with Crippen molar-refractivity contribution in [2.45, 2.75) is 31.7 Å². The van der Waals surface area contributed by atoms with Crippen molar-refractivity contribution in [1.82, 2.24) is 15.4 Å². The van der Waals surface area contributed by atoms with Crippen LogP contribution in [0.1, 0.15) is 46.3 Å². The number of ether oxygens (including phenoxy) is 1. The van der Waals surface area contributed by atoms with Crippen molar-refractivity contribution in [2.24, 2.45) is 0 Å². The van der Waals surface area contributed by atoms with Crippen LogP contribution in [0.2, 0.25) is 0 Å². The van der Waals surface area contributed by atoms with Gasteiger partial charge in [0.1, 0.15) is 5.76 Å². The molecule has 0 spiro atoms. The molecule has 31 heavy (non-hydrogen) atoms. The highest BCUT2D eigenvalue weighted by Crippen LogP contribution is 2.28. The third kappa shape index (κ3) is 4.43. The third-order valence-electron chi connectivity index (χ3n) is 6.19. The molecule has 7 nitrogen and oxygen atoms in total. The van der Waals surface area contributed by atoms with Gasteiger partial charge in [0.05, 0.1) is 25.5 Å². The number of hydrogen-bond donors (Lipinski definition) is 1. The highest BCUT2D eigenvalue weighted by molar-refractivity contribution is 5.93. The predicted molar refractivity (Wildman–Crippen MR) is 115 cm³/mol. The van der Waals surface area contributed by atoms with Crippen LogP contribution in [0.5, 0.6) is 0 Å². The van der Waals surface area contributed by atoms with Gasteiger partial charge in [-0.3, -0.25) is 9.69 Å². The Kier molecular flexibility index (Phi) is 5.86. The molecule has 2 aliphatic rings. The number of benzene rings is 1. The molecule has 1 N–H and O–H groups in total. The number of carbonyl (C=O) groups is 1. The molecule has 2 aromatic heterocycles. The summed E-state index contributed by atoms with van der Waals surface area (Å²) in [4.78, 5) is 15.0. The first kappa shape index (κ1) is 20.0. The van der Waals surface area contributed by atoms with Crippen LogP contribution in [-0.2, 0) is 17.6 Å². The van der Waals surface area contributed by atoms with Crippen LogP contribution < -0.4 is 5.32 Å². The van der Waals surface area contributed by atoms with Crippen molar-refractivity contribution in [3.05, 3.63) is 65.2 Å². The Morgan fingerprint density at radius 3 is 2.74 bits per heavy atom. The highest BCUT2D eigenvalue weighted by Gasteiger charge is 2.26. The summed E-state index contributed by atoms with van der Waals surface area (Å²) in [5.41, 5.74) is 4.04. The second kappa shape index (κ2) is 9.08. The lowest BCUT2D eigenvalue weighted by Crippen LogP contribution is -2.43. The summed E-state index contributed by atoms with van der Waals surface area (Å²) in [5, 5.41) is 7.01. The number of nitrogens with one attached hydrogen (secondary N) is 1. The van der Waals surface area contributed by atoms with E-state index in [0.717, 1.165) is 37.3 Å². The maximum atomic E-state index is 12.8. The summed E-state index contributed by atoms with van der Waals surface area (Å²) in [6.07, 6.45) is 6.37. The molecule has 5 rings (SSSR count). The lowest BCUT2D eigenvalue weighted by atomic mass is 9.90. The van der Waals surface area contributed by atoms with Gasteiger partial charge in [0, 0.05) is 31.3 Å². The SMILES string of the molecule is O=C(NC[C@@H](c1ccco1)N1CCOCC1)c1cc(-c2ccc3c(c2)CCCC3)on1. The van der Waals surface area contributed by atoms with Crippen molar-refractivity contribution in [3.8, 4) is 11.3 Å². The summed E-state index contributed by atoms with van der Waals surface area (Å²) >= 11 is 0. The monoisotopic (exact) mass is 421 g/mol. The second-order valence-corrected chi connectivity index (χ2v) is 8.16. The van der Waals surface area contributed by atoms with Gasteiger partial charge < -0.3 is 19.0 Å². The molecule has 3 heterocycles. The normalized spacial score (nSPS) is 17.8. The molecule has 3 aromatic rings. The largest absolute Gasteiger partial charge is 0.468 e. The fraction of sp³-hybridized carbons (Fsp3) is 0.417. The van der Waals surface area contributed by atoms with Gasteiger partial charge in [-0.25, -0.2) is 0 Å². The van der Waals surface area contributed by atoms with Crippen molar-refractivity contribution in [3.63, 3.8) is 0 Å². The maximum absolute atomic E-state index is 12.8. The van der Waals surface area contributed by atoms with Gasteiger partial charge in [-0.05, 0) is 55.0 Å². The van der Waals surface area contributed by atoms with Gasteiger partial charge >= 0.3 is 0 Å². The summed E-state index contributed by atoms with van der Waals surface area (Å²) in [6, 6.07) is 11.9. The molecular formula is C24H27N3O4. The number of rotatable bonds is 6. The van der Waals surface area contributed by atoms with Gasteiger partial charge in [0.25, 0.3) is 5.91 Å². The van der Waals surface area contributed by atoms with Crippen molar-refractivity contribution >= 4 is 5.91 Å². The summed E-state index contributed by atoms with van der Waals surface area (Å²) in [6.45, 7) is 3.38. The van der Waals surface area contributed by atoms with E-state index in [9.17, 15) is 4.79 Å². The third-order valence-corrected chi connectivity index (χ3v) is 6.19. The molecule has 7 heteroatoms. The second-order valence-electron chi connectivity index (χ2n) is 8.16. The number of hydrogen-bond acceptors (Lipinski definition) is 6. The Balaban J connectivity index is 1.27. The number of nitrogens with zero attached hydrogens (tertiary/aromatic N) is 2. The molecule has 1 amide bonds. The molecule has 0 unspecified atom stereocenters. The van der Waals surface area contributed by atoms with Crippen molar-refractivity contribution in [2.75, 3.05) is 32.8 Å². The molecule has 0 saturated carbocycles. The van der Waals surface area contributed by atoms with E-state index in [1.807, 2.05) is 12.1 Å². The van der Waals surface area contributed by atoms with E-state index >= 15 is 0 Å². The Morgan fingerprint density at radius 1 is 1.10 bits per heavy atom. The van der Waals surface area contributed by atoms with E-state index in [-0.39, 0.29) is 17.6 Å². The molecule has 0 radical (unpaired) electrons. The molecule has 1 saturated heterocycles. The average Bonchev–Trinajstić information content (AvgIpc) is 3.52. The van der Waals surface area contributed by atoms with Crippen LogP contribution in [0, 0.1) is 0 Å². The average molecular weight is 421 g/mol. The fourth-order valence-corrected chi connectivity index (χ4v) is 4.46. The first-order valence-electron chi connectivity index (χ1n) is 11.0. The van der Waals surface area contributed by atoms with Crippen molar-refractivity contribution < 1.29 is 18.5 Å². The zero-order valence-electron chi connectivity index (χ0n) is 17.5. The highest BCUT2D eigenvalue weighted by atomic mass is 16.5. The summed E-state index contributed by atoms with van der Waals surface area (Å²) in [5.74, 6) is 1.20. The molecular weight excluding hydrogens is 394 g/mol. The van der Waals surface area contributed by atoms with E-state index < -0.39 is 0 Å². The minimum Gasteiger partial charge on any atom is -0.468 e. The van der Waals surface area contributed by atoms with Crippen LogP contribution in [0.4, 0.5) is 0 Å². The predicted octanol–water partition coefficient (Wildman–Crippen LogP) is 3.62. The zero-order valence-corrected chi connectivity index (χ0v) is 17.5. The smallest absolute Gasteiger partial charge is 0.273 e. The minimum absolute atomic E-state index is 0.0464. The van der Waals surface area contributed by atoms with Crippen LogP contribution in [-0.4, -0.2) is 48.8 Å². The molecule has 1 aliphatic carbocycles. The van der Waals surface area contributed by atoms with E-state index in [1.165, 1.54) is 24.0 Å². The number of fused-ring (bicyclic) bond motifs is 1. The first-order valence-corrected chi connectivity index (χ1v) is 11.0. The Labute approximate surface area is 181 Å². The van der Waals surface area contributed by atoms with Crippen LogP contribution in [0.15, 0.2) is 51.6 Å². The molecule has 0 bridgehead atoms. The molecule has 1 aromatic carbocycles.